The molecular formula is C15H16BrN3O. The topological polar surface area (TPSA) is 61.0 Å². The van der Waals surface area contributed by atoms with Crippen molar-refractivity contribution >= 4 is 21.7 Å². The largest absolute Gasteiger partial charge is 0.496 e. The number of halogens is 1. The zero-order valence-electron chi connectivity index (χ0n) is 11.7. The van der Waals surface area contributed by atoms with Crippen LogP contribution < -0.4 is 10.5 Å². The zero-order chi connectivity index (χ0) is 14.5. The highest BCUT2D eigenvalue weighted by atomic mass is 79.9. The maximum absolute atomic E-state index is 6.08. The number of aromatic nitrogens is 2. The van der Waals surface area contributed by atoms with Crippen LogP contribution in [0, 0.1) is 0 Å². The number of nitrogen functional groups attached to an aromatic ring is 1. The van der Waals surface area contributed by atoms with Crippen molar-refractivity contribution in [1.29, 1.82) is 0 Å². The lowest BCUT2D eigenvalue weighted by Gasteiger charge is -2.34. The molecule has 1 aliphatic carbocycles. The molecule has 2 N–H and O–H groups in total. The van der Waals surface area contributed by atoms with Crippen LogP contribution in [-0.2, 0) is 11.8 Å². The first kappa shape index (κ1) is 13.4. The maximum Gasteiger partial charge on any atom is 0.133 e. The van der Waals surface area contributed by atoms with E-state index >= 15 is 0 Å². The number of benzene rings is 1. The molecule has 0 atom stereocenters. The monoisotopic (exact) mass is 333 g/mol. The van der Waals surface area contributed by atoms with Gasteiger partial charge in [0.1, 0.15) is 17.9 Å². The van der Waals surface area contributed by atoms with Gasteiger partial charge in [0, 0.05) is 11.1 Å². The highest BCUT2D eigenvalue weighted by Crippen LogP contribution is 2.47. The molecule has 1 aromatic heterocycles. The van der Waals surface area contributed by atoms with Crippen LogP contribution in [0.5, 0.6) is 5.75 Å². The van der Waals surface area contributed by atoms with Gasteiger partial charge in [-0.2, -0.15) is 0 Å². The van der Waals surface area contributed by atoms with Crippen molar-refractivity contribution in [3.05, 3.63) is 34.1 Å². The fourth-order valence-electron chi connectivity index (χ4n) is 2.95. The number of hydrogen-bond acceptors (Lipinski definition) is 4. The van der Waals surface area contributed by atoms with Crippen molar-refractivity contribution in [2.24, 2.45) is 0 Å². The van der Waals surface area contributed by atoms with Gasteiger partial charge in [-0.25, -0.2) is 9.97 Å². The van der Waals surface area contributed by atoms with Crippen molar-refractivity contribution in [2.75, 3.05) is 12.8 Å². The Morgan fingerprint density at radius 1 is 1.30 bits per heavy atom. The van der Waals surface area contributed by atoms with Crippen LogP contribution in [0.15, 0.2) is 22.9 Å². The summed E-state index contributed by atoms with van der Waals surface area (Å²) in [5.74, 6) is 1.41. The molecule has 1 aliphatic rings. The molecule has 0 saturated heterocycles. The summed E-state index contributed by atoms with van der Waals surface area (Å²) in [4.78, 5) is 8.61. The number of anilines is 1. The summed E-state index contributed by atoms with van der Waals surface area (Å²) in [6, 6.07) is 3.99. The van der Waals surface area contributed by atoms with Crippen molar-refractivity contribution in [3.8, 4) is 17.0 Å². The van der Waals surface area contributed by atoms with E-state index in [0.717, 1.165) is 33.5 Å². The minimum absolute atomic E-state index is 0.109. The number of rotatable bonds is 1. The Balaban J connectivity index is 2.35. The van der Waals surface area contributed by atoms with Crippen molar-refractivity contribution < 1.29 is 4.74 Å². The van der Waals surface area contributed by atoms with Crippen LogP contribution in [0.3, 0.4) is 0 Å². The van der Waals surface area contributed by atoms with E-state index in [0.29, 0.717) is 5.82 Å². The highest BCUT2D eigenvalue weighted by molar-refractivity contribution is 9.10. The molecule has 0 fully saturated rings. The van der Waals surface area contributed by atoms with Crippen LogP contribution in [0.4, 0.5) is 5.82 Å². The van der Waals surface area contributed by atoms with E-state index in [1.54, 1.807) is 7.11 Å². The lowest BCUT2D eigenvalue weighted by molar-refractivity contribution is 0.410. The van der Waals surface area contributed by atoms with Crippen LogP contribution >= 0.6 is 15.9 Å². The Labute approximate surface area is 126 Å². The number of nitrogens with two attached hydrogens (primary N) is 1. The number of hydrogen-bond donors (Lipinski definition) is 1. The van der Waals surface area contributed by atoms with Gasteiger partial charge in [-0.15, -0.1) is 0 Å². The molecule has 20 heavy (non-hydrogen) atoms. The molecule has 0 saturated carbocycles. The summed E-state index contributed by atoms with van der Waals surface area (Å²) in [7, 11) is 1.68. The molecule has 1 aromatic carbocycles. The van der Waals surface area contributed by atoms with Gasteiger partial charge < -0.3 is 10.5 Å². The molecular weight excluding hydrogens is 318 g/mol. The summed E-state index contributed by atoms with van der Waals surface area (Å²) >= 11 is 3.65. The Morgan fingerprint density at radius 2 is 2.05 bits per heavy atom. The van der Waals surface area contributed by atoms with Gasteiger partial charge in [0.15, 0.2) is 0 Å². The lowest BCUT2D eigenvalue weighted by atomic mass is 9.72. The number of methoxy groups -OCH3 is 1. The van der Waals surface area contributed by atoms with Gasteiger partial charge in [-0.05, 0) is 45.5 Å². The summed E-state index contributed by atoms with van der Waals surface area (Å²) in [6.07, 6.45) is 2.39. The number of fused-ring (bicyclic) bond motifs is 3. The maximum atomic E-state index is 6.08. The standard InChI is InChI=1S/C15H16BrN3O/c1-15(2)6-9-8(4-5-10(20-3)12(9)16)13-11(15)14(17)19-7-18-13/h4-5,7H,6H2,1-3H3,(H2,17,18,19). The fourth-order valence-corrected chi connectivity index (χ4v) is 3.60. The smallest absolute Gasteiger partial charge is 0.133 e. The van der Waals surface area contributed by atoms with Crippen molar-refractivity contribution in [2.45, 2.75) is 25.7 Å². The molecule has 2 aromatic rings. The highest BCUT2D eigenvalue weighted by Gasteiger charge is 2.35. The van der Waals surface area contributed by atoms with Crippen molar-refractivity contribution in [3.63, 3.8) is 0 Å². The second kappa shape index (κ2) is 4.45. The van der Waals surface area contributed by atoms with Crippen molar-refractivity contribution in [1.82, 2.24) is 9.97 Å². The molecule has 1 heterocycles. The Bertz CT molecular complexity index is 698. The second-order valence-electron chi connectivity index (χ2n) is 5.65. The number of ether oxygens (including phenoxy) is 1. The predicted molar refractivity (Wildman–Crippen MR) is 82.9 cm³/mol. The minimum atomic E-state index is -0.109. The summed E-state index contributed by atoms with van der Waals surface area (Å²) in [5.41, 5.74) is 10.2. The quantitative estimate of drug-likeness (QED) is 0.869. The fraction of sp³-hybridized carbons (Fsp3) is 0.333. The molecule has 5 heteroatoms. The molecule has 3 rings (SSSR count). The molecule has 0 bridgehead atoms. The predicted octanol–water partition coefficient (Wildman–Crippen LogP) is 3.33. The van der Waals surface area contributed by atoms with E-state index in [9.17, 15) is 0 Å². The van der Waals surface area contributed by atoms with Gasteiger partial charge in [0.2, 0.25) is 0 Å². The average Bonchev–Trinajstić information content (AvgIpc) is 2.39. The number of nitrogens with zero attached hydrogens (tertiary/aromatic N) is 2. The average molecular weight is 334 g/mol. The third-order valence-corrected chi connectivity index (χ3v) is 4.72. The normalized spacial score (nSPS) is 15.4. The van der Waals surface area contributed by atoms with E-state index in [4.69, 9.17) is 10.5 Å². The van der Waals surface area contributed by atoms with E-state index in [1.807, 2.05) is 12.1 Å². The van der Waals surface area contributed by atoms with Gasteiger partial charge >= 0.3 is 0 Å². The first-order valence-electron chi connectivity index (χ1n) is 6.42. The van der Waals surface area contributed by atoms with Gasteiger partial charge in [-0.3, -0.25) is 0 Å². The second-order valence-corrected chi connectivity index (χ2v) is 6.44. The lowest BCUT2D eigenvalue weighted by Crippen LogP contribution is -2.28. The Hall–Kier alpha value is -1.62. The zero-order valence-corrected chi connectivity index (χ0v) is 13.3. The van der Waals surface area contributed by atoms with Gasteiger partial charge in [0.25, 0.3) is 0 Å². The van der Waals surface area contributed by atoms with E-state index in [1.165, 1.54) is 11.9 Å². The summed E-state index contributed by atoms with van der Waals surface area (Å²) < 4.78 is 6.38. The molecule has 0 aliphatic heterocycles. The first-order chi connectivity index (χ1) is 9.45. The van der Waals surface area contributed by atoms with Crippen LogP contribution in [0.25, 0.3) is 11.3 Å². The molecule has 0 unspecified atom stereocenters. The third kappa shape index (κ3) is 1.80. The Morgan fingerprint density at radius 3 is 2.75 bits per heavy atom. The molecule has 104 valence electrons. The van der Waals surface area contributed by atoms with E-state index in [2.05, 4.69) is 39.7 Å². The van der Waals surface area contributed by atoms with E-state index < -0.39 is 0 Å². The van der Waals surface area contributed by atoms with Crippen LogP contribution in [0.2, 0.25) is 0 Å². The molecule has 0 radical (unpaired) electrons. The minimum Gasteiger partial charge on any atom is -0.496 e. The summed E-state index contributed by atoms with van der Waals surface area (Å²) in [5, 5.41) is 0. The van der Waals surface area contributed by atoms with Gasteiger partial charge in [0.05, 0.1) is 17.3 Å². The Kier molecular flexibility index (Phi) is 2.97. The molecule has 0 spiro atoms. The van der Waals surface area contributed by atoms with Gasteiger partial charge in [-0.1, -0.05) is 13.8 Å². The molecule has 4 nitrogen and oxygen atoms in total. The van der Waals surface area contributed by atoms with E-state index in [-0.39, 0.29) is 5.41 Å². The first-order valence-corrected chi connectivity index (χ1v) is 7.21. The van der Waals surface area contributed by atoms with Crippen LogP contribution in [0.1, 0.15) is 25.0 Å². The third-order valence-electron chi connectivity index (χ3n) is 3.85. The SMILES string of the molecule is COc1ccc2c(c1Br)CC(C)(C)c1c(N)ncnc1-2. The molecule has 0 amide bonds. The van der Waals surface area contributed by atoms with Crippen LogP contribution in [-0.4, -0.2) is 17.1 Å². The summed E-state index contributed by atoms with van der Waals surface area (Å²) in [6.45, 7) is 4.33.